The van der Waals surface area contributed by atoms with Crippen molar-refractivity contribution >= 4 is 0 Å². The molecule has 1 rings (SSSR count). The van der Waals surface area contributed by atoms with Crippen molar-refractivity contribution in [1.82, 2.24) is 0 Å². The van der Waals surface area contributed by atoms with E-state index in [2.05, 4.69) is 4.85 Å². The first-order valence-electron chi connectivity index (χ1n) is 4.86. The van der Waals surface area contributed by atoms with Gasteiger partial charge in [0.05, 0.1) is 0 Å². The molecule has 1 nitrogen and oxygen atoms in total. The molecule has 0 heterocycles. The SMILES string of the molecule is [2H]C([2H])([N+]#[C-])C([2H])([2H])c1ccccc1. The molecule has 0 bridgehead atoms. The summed E-state index contributed by atoms with van der Waals surface area (Å²) in [7, 11) is 0. The maximum absolute atomic E-state index is 7.55. The van der Waals surface area contributed by atoms with Crippen LogP contribution in [0.15, 0.2) is 30.3 Å². The van der Waals surface area contributed by atoms with Gasteiger partial charge in [-0.2, -0.15) is 0 Å². The van der Waals surface area contributed by atoms with Gasteiger partial charge in [-0.1, -0.05) is 30.3 Å². The van der Waals surface area contributed by atoms with Crippen LogP contribution in [0, 0.1) is 6.57 Å². The second-order valence-corrected chi connectivity index (χ2v) is 1.71. The maximum atomic E-state index is 7.55. The third kappa shape index (κ3) is 1.91. The Kier molecular flexibility index (Phi) is 1.18. The van der Waals surface area contributed by atoms with Gasteiger partial charge in [0.15, 0.2) is 0 Å². The Hall–Kier alpha value is -1.29. The third-order valence-electron chi connectivity index (χ3n) is 1.03. The average Bonchev–Trinajstić information content (AvgIpc) is 2.19. The average molecular weight is 135 g/mol. The third-order valence-corrected chi connectivity index (χ3v) is 1.03. The Balaban J connectivity index is 3.16. The van der Waals surface area contributed by atoms with Gasteiger partial charge >= 0.3 is 0 Å². The van der Waals surface area contributed by atoms with Crippen LogP contribution in [0.2, 0.25) is 0 Å². The number of aryl methyl sites for hydroxylation is 1. The quantitative estimate of drug-likeness (QED) is 0.547. The van der Waals surface area contributed by atoms with Crippen LogP contribution in [0.5, 0.6) is 0 Å². The number of hydrogen-bond donors (Lipinski definition) is 0. The van der Waals surface area contributed by atoms with Crippen LogP contribution in [-0.4, -0.2) is 6.50 Å². The summed E-state index contributed by atoms with van der Waals surface area (Å²) in [4.78, 5) is 2.68. The fraction of sp³-hybridized carbons (Fsp3) is 0.222. The second-order valence-electron chi connectivity index (χ2n) is 1.71. The van der Waals surface area contributed by atoms with Crippen LogP contribution in [0.25, 0.3) is 4.85 Å². The summed E-state index contributed by atoms with van der Waals surface area (Å²) in [5.41, 5.74) is 0.181. The predicted molar refractivity (Wildman–Crippen MR) is 41.6 cm³/mol. The van der Waals surface area contributed by atoms with Crippen LogP contribution in [0.1, 0.15) is 11.0 Å². The Bertz CT molecular complexity index is 353. The van der Waals surface area contributed by atoms with Gasteiger partial charge < -0.3 is 4.85 Å². The molecule has 0 radical (unpaired) electrons. The molecule has 0 saturated carbocycles. The van der Waals surface area contributed by atoms with Gasteiger partial charge in [0.25, 0.3) is 0 Å². The van der Waals surface area contributed by atoms with E-state index >= 15 is 0 Å². The number of benzene rings is 1. The zero-order chi connectivity index (χ0) is 10.8. The molecule has 0 saturated heterocycles. The summed E-state index contributed by atoms with van der Waals surface area (Å²) in [5, 5.41) is 0. The van der Waals surface area contributed by atoms with Crippen LogP contribution in [0.4, 0.5) is 0 Å². The Morgan fingerprint density at radius 1 is 1.40 bits per heavy atom. The van der Waals surface area contributed by atoms with Crippen LogP contribution < -0.4 is 0 Å². The van der Waals surface area contributed by atoms with Crippen molar-refractivity contribution in [2.75, 3.05) is 6.50 Å². The molecular weight excluding hydrogens is 122 g/mol. The highest BCUT2D eigenvalue weighted by Crippen LogP contribution is 1.98. The Morgan fingerprint density at radius 3 is 2.70 bits per heavy atom. The molecule has 0 amide bonds. The van der Waals surface area contributed by atoms with E-state index in [0.717, 1.165) is 0 Å². The van der Waals surface area contributed by atoms with E-state index in [0.29, 0.717) is 0 Å². The molecule has 0 unspecified atom stereocenters. The summed E-state index contributed by atoms with van der Waals surface area (Å²) in [5.74, 6) is 0. The summed E-state index contributed by atoms with van der Waals surface area (Å²) in [6.45, 7) is 4.09. The number of rotatable bonds is 2. The standard InChI is InChI=1S/C9H9N/c1-10-8-7-9-5-3-2-4-6-9/h2-6H,7-8H2/i7D2,8D2. The fourth-order valence-electron chi connectivity index (χ4n) is 0.614. The highest BCUT2D eigenvalue weighted by molar-refractivity contribution is 5.15. The lowest BCUT2D eigenvalue weighted by Gasteiger charge is -1.91. The van der Waals surface area contributed by atoms with Crippen molar-refractivity contribution in [3.63, 3.8) is 0 Å². The first-order valence-corrected chi connectivity index (χ1v) is 2.86. The highest BCUT2D eigenvalue weighted by atomic mass is 14.6. The minimum atomic E-state index is -2.53. The Labute approximate surface area is 66.7 Å². The van der Waals surface area contributed by atoms with E-state index in [9.17, 15) is 0 Å². The van der Waals surface area contributed by atoms with E-state index in [1.165, 1.54) is 12.1 Å². The number of hydrogen-bond acceptors (Lipinski definition) is 0. The van der Waals surface area contributed by atoms with Crippen LogP contribution >= 0.6 is 0 Å². The summed E-state index contributed by atoms with van der Waals surface area (Å²) in [6.07, 6.45) is -2.28. The largest absolute Gasteiger partial charge is 0.317 e. The van der Waals surface area contributed by atoms with Crippen molar-refractivity contribution in [3.05, 3.63) is 47.3 Å². The minimum absolute atomic E-state index is 0.181. The monoisotopic (exact) mass is 135 g/mol. The molecule has 1 aromatic rings. The second kappa shape index (κ2) is 3.68. The van der Waals surface area contributed by atoms with Gasteiger partial charge in [-0.15, -0.1) is 0 Å². The van der Waals surface area contributed by atoms with E-state index < -0.39 is 12.9 Å². The lowest BCUT2D eigenvalue weighted by atomic mass is 10.2. The van der Waals surface area contributed by atoms with Crippen molar-refractivity contribution in [3.8, 4) is 0 Å². The smallest absolute Gasteiger partial charge is 0.218 e. The molecule has 0 aliphatic heterocycles. The molecule has 0 atom stereocenters. The van der Waals surface area contributed by atoms with Gasteiger partial charge in [0, 0.05) is 9.11 Å². The van der Waals surface area contributed by atoms with E-state index in [1.807, 2.05) is 0 Å². The molecule has 0 aromatic heterocycles. The molecule has 0 spiro atoms. The van der Waals surface area contributed by atoms with Crippen molar-refractivity contribution in [1.29, 1.82) is 0 Å². The molecule has 50 valence electrons. The normalized spacial score (nSPS) is 17.5. The molecule has 0 aliphatic rings. The lowest BCUT2D eigenvalue weighted by molar-refractivity contribution is 1.08. The topological polar surface area (TPSA) is 4.36 Å². The van der Waals surface area contributed by atoms with Crippen molar-refractivity contribution in [2.24, 2.45) is 0 Å². The molecule has 0 aliphatic carbocycles. The van der Waals surface area contributed by atoms with Crippen LogP contribution in [0.3, 0.4) is 0 Å². The molecule has 1 aromatic carbocycles. The zero-order valence-corrected chi connectivity index (χ0v) is 5.33. The number of nitrogens with zero attached hydrogens (tertiary/aromatic N) is 1. The van der Waals surface area contributed by atoms with Crippen molar-refractivity contribution < 1.29 is 5.48 Å². The highest BCUT2D eigenvalue weighted by Gasteiger charge is 1.90. The molecule has 10 heavy (non-hydrogen) atoms. The zero-order valence-electron chi connectivity index (χ0n) is 9.33. The van der Waals surface area contributed by atoms with Gasteiger partial charge in [-0.25, -0.2) is 6.57 Å². The van der Waals surface area contributed by atoms with Gasteiger partial charge in [0.2, 0.25) is 6.50 Å². The van der Waals surface area contributed by atoms with E-state index in [4.69, 9.17) is 12.1 Å². The molecule has 0 fully saturated rings. The van der Waals surface area contributed by atoms with Gasteiger partial charge in [-0.05, 0) is 5.56 Å². The maximum Gasteiger partial charge on any atom is 0.218 e. The van der Waals surface area contributed by atoms with Crippen molar-refractivity contribution in [2.45, 2.75) is 6.37 Å². The Morgan fingerprint density at radius 2 is 2.10 bits per heavy atom. The molecule has 0 N–H and O–H groups in total. The van der Waals surface area contributed by atoms with Crippen LogP contribution in [-0.2, 0) is 6.37 Å². The summed E-state index contributed by atoms with van der Waals surface area (Å²) < 4.78 is 29.6. The minimum Gasteiger partial charge on any atom is -0.317 e. The molecule has 1 heteroatoms. The first-order chi connectivity index (χ1) is 6.42. The molecular formula is C9H9N. The fourth-order valence-corrected chi connectivity index (χ4v) is 0.614. The summed E-state index contributed by atoms with van der Waals surface area (Å²) in [6, 6.07) is 7.90. The lowest BCUT2D eigenvalue weighted by Crippen LogP contribution is -1.85. The van der Waals surface area contributed by atoms with Gasteiger partial charge in [-0.3, -0.25) is 0 Å². The predicted octanol–water partition coefficient (Wildman–Crippen LogP) is 2.15. The van der Waals surface area contributed by atoms with E-state index in [1.54, 1.807) is 18.2 Å². The van der Waals surface area contributed by atoms with E-state index in [-0.39, 0.29) is 5.56 Å². The summed E-state index contributed by atoms with van der Waals surface area (Å²) >= 11 is 0. The van der Waals surface area contributed by atoms with Gasteiger partial charge in [0.1, 0.15) is 2.74 Å². The first kappa shape index (κ1) is 3.21.